The molecule has 6 unspecified atom stereocenters. The average molecular weight is 1580 g/mol. The molecule has 6 bridgehead atoms. The van der Waals surface area contributed by atoms with Crippen LogP contribution in [0, 0.1) is 0 Å². The van der Waals surface area contributed by atoms with Gasteiger partial charge in [0, 0.05) is 111 Å². The van der Waals surface area contributed by atoms with Crippen LogP contribution in [0.1, 0.15) is 249 Å². The van der Waals surface area contributed by atoms with Gasteiger partial charge in [0.1, 0.15) is 0 Å². The summed E-state index contributed by atoms with van der Waals surface area (Å²) >= 11 is 6.23. The normalized spacial score (nSPS) is 31.0. The summed E-state index contributed by atoms with van der Waals surface area (Å²) in [5, 5.41) is 43.2. The number of ether oxygens (including phenoxy) is 2. The molecule has 0 amide bonds. The number of benzene rings is 3. The molecule has 12 fully saturated rings. The number of β-amino-alcohol motifs (C(OH)–C–C–N with tert-alkyl or cyclic N) is 3. The molecule has 24 nitrogen and oxygen atoms in total. The summed E-state index contributed by atoms with van der Waals surface area (Å²) in [4.78, 5) is 101. The van der Waals surface area contributed by atoms with Gasteiger partial charge < -0.3 is 58.7 Å². The average Bonchev–Trinajstić information content (AvgIpc) is 1.40. The maximum Gasteiger partial charge on any atom is 0.339 e. The highest BCUT2D eigenvalue weighted by Gasteiger charge is 2.51. The monoisotopic (exact) mass is 1580 g/mol. The van der Waals surface area contributed by atoms with E-state index in [9.17, 15) is 49.2 Å². The molecule has 6 aromatic rings. The van der Waals surface area contributed by atoms with Crippen LogP contribution < -0.4 is 31.8 Å². The molecule has 5 N–H and O–H groups in total. The summed E-state index contributed by atoms with van der Waals surface area (Å²) in [6.07, 6.45) is 42.8. The molecule has 0 spiro atoms. The Morgan fingerprint density at radius 1 is 0.411 bits per heavy atom. The number of methoxy groups -OCH3 is 2. The lowest BCUT2D eigenvalue weighted by molar-refractivity contribution is -0.160. The number of carboxylic acid groups (broad SMARTS) is 1. The molecule has 3 aromatic carbocycles. The van der Waals surface area contributed by atoms with E-state index in [2.05, 4.69) is 34.7 Å². The Kier molecular flexibility index (Phi) is 26.2. The number of anilines is 2. The number of halogens is 2. The molecule has 0 radical (unpaired) electrons. The highest BCUT2D eigenvalue weighted by Crippen LogP contribution is 2.48. The Labute approximate surface area is 668 Å². The Bertz CT molecular complexity index is 4420. The summed E-state index contributed by atoms with van der Waals surface area (Å²) in [7, 11) is 2.56. The van der Waals surface area contributed by atoms with Crippen molar-refractivity contribution in [3.8, 4) is 0 Å². The van der Waals surface area contributed by atoms with E-state index in [4.69, 9.17) is 21.3 Å². The van der Waals surface area contributed by atoms with Crippen LogP contribution in [0.3, 0.4) is 0 Å². The van der Waals surface area contributed by atoms with E-state index in [1.54, 1.807) is 9.80 Å². The standard InChI is InChI=1S/C29H40N4O4.C28H38N4O4.C23H30ClN3O.C6H11NO3.ClH/c1-37-28(35)29(36)15-16-31(19-29)26-27(34)33(25-12-8-7-11-24(25)30-26)23-17-21-13-14-22(18-23)32(21)20-9-5-3-2-4-6-10-20;33-26-25(30-15-14-28(36,18-30)27(34)35)29-23-10-6-7-11-24(23)32(26)22-16-20-12-13-21(17-22)31(20)19-8-4-2-1-3-5-9-19;24-22-23(28)27(21-11-7-6-10-20(21)25-22)19-14-17-12-13-18(15-19)26(17)16-8-4-2-1-3-5-9-16;1-10-5(8)6(9)2-3-7-4-6;/h7-8,11-12,20-23,36H,2-6,9-10,13-19H2,1H3;6-7,10-11,19-22,36H,1-5,8-9,12-18H2,(H,34,35);6-7,10-11,16-19H,1-5,8-9,12-15H2;7,9H,2-4H2,1H3;1H/t21-,22+,23?,29?;20-,21+,22?,28?;17-,18+,19?;;. The first-order valence-corrected chi connectivity index (χ1v) is 43.0. The number of carbonyl (C=O) groups is 3. The van der Waals surface area contributed by atoms with Gasteiger partial charge in [-0.3, -0.25) is 29.1 Å². The van der Waals surface area contributed by atoms with Gasteiger partial charge in [0.25, 0.3) is 16.7 Å². The summed E-state index contributed by atoms with van der Waals surface area (Å²) in [6, 6.07) is 29.5. The molecule has 26 heteroatoms. The van der Waals surface area contributed by atoms with Crippen molar-refractivity contribution in [2.45, 2.75) is 320 Å². The number of aromatic nitrogens is 6. The number of fused-ring (bicyclic) bond motifs is 9. The third kappa shape index (κ3) is 17.0. The van der Waals surface area contributed by atoms with Gasteiger partial charge in [-0.05, 0) is 159 Å². The number of piperidine rings is 3. The Hall–Kier alpha value is -6.61. The highest BCUT2D eigenvalue weighted by molar-refractivity contribution is 6.29. The van der Waals surface area contributed by atoms with Crippen molar-refractivity contribution in [3.05, 3.63) is 109 Å². The lowest BCUT2D eigenvalue weighted by Gasteiger charge is -2.45. The van der Waals surface area contributed by atoms with Crippen molar-refractivity contribution in [3.63, 3.8) is 0 Å². The van der Waals surface area contributed by atoms with Gasteiger partial charge in [-0.15, -0.1) is 12.4 Å². The minimum Gasteiger partial charge on any atom is -0.479 e. The second kappa shape index (κ2) is 35.9. The number of carbonyl (C=O) groups excluding carboxylic acids is 2. The van der Waals surface area contributed by atoms with Crippen LogP contribution in [0.2, 0.25) is 5.15 Å². The first-order chi connectivity index (χ1) is 53.8. The molecule has 112 heavy (non-hydrogen) atoms. The first-order valence-electron chi connectivity index (χ1n) is 42.6. The van der Waals surface area contributed by atoms with Crippen LogP contribution in [0.4, 0.5) is 11.6 Å². The lowest BCUT2D eigenvalue weighted by atomic mass is 9.89. The third-order valence-corrected chi connectivity index (χ3v) is 28.2. The number of carboxylic acids is 1. The third-order valence-electron chi connectivity index (χ3n) is 27.9. The minimum atomic E-state index is -1.84. The van der Waals surface area contributed by atoms with Gasteiger partial charge in [-0.25, -0.2) is 29.3 Å². The van der Waals surface area contributed by atoms with E-state index in [-0.39, 0.29) is 84.1 Å². The molecule has 3 saturated carbocycles. The predicted octanol–water partition coefficient (Wildman–Crippen LogP) is 12.1. The van der Waals surface area contributed by atoms with Crippen LogP contribution in [-0.2, 0) is 23.9 Å². The fourth-order valence-corrected chi connectivity index (χ4v) is 22.8. The van der Waals surface area contributed by atoms with Gasteiger partial charge in [-0.1, -0.05) is 144 Å². The summed E-state index contributed by atoms with van der Waals surface area (Å²) < 4.78 is 15.1. The molecule has 610 valence electrons. The molecule has 3 aliphatic carbocycles. The number of nitrogens with one attached hydrogen (secondary N) is 1. The Morgan fingerprint density at radius 3 is 1.05 bits per heavy atom. The maximum absolute atomic E-state index is 14.1. The fraction of sp³-hybridized carbons (Fsp3) is 0.686. The Balaban J connectivity index is 0.000000132. The second-order valence-corrected chi connectivity index (χ2v) is 35.1. The van der Waals surface area contributed by atoms with E-state index < -0.39 is 34.7 Å². The van der Waals surface area contributed by atoms with Crippen molar-refractivity contribution >= 4 is 86.7 Å². The van der Waals surface area contributed by atoms with Crippen LogP contribution in [0.25, 0.3) is 33.1 Å². The topological polar surface area (TPSA) is 283 Å². The highest BCUT2D eigenvalue weighted by atomic mass is 35.5. The van der Waals surface area contributed by atoms with Gasteiger partial charge in [-0.2, -0.15) is 0 Å². The maximum atomic E-state index is 14.1. The molecule has 9 aliphatic heterocycles. The number of rotatable bonds is 11. The largest absolute Gasteiger partial charge is 0.479 e. The van der Waals surface area contributed by atoms with E-state index in [0.29, 0.717) is 86.8 Å². The Morgan fingerprint density at radius 2 is 0.723 bits per heavy atom. The predicted molar refractivity (Wildman–Crippen MR) is 437 cm³/mol. The zero-order chi connectivity index (χ0) is 77.1. The molecule has 12 heterocycles. The van der Waals surface area contributed by atoms with Crippen LogP contribution in [0.15, 0.2) is 87.2 Å². The van der Waals surface area contributed by atoms with Gasteiger partial charge in [0.2, 0.25) is 0 Å². The number of para-hydroxylation sites is 6. The fourth-order valence-electron chi connectivity index (χ4n) is 22.6. The van der Waals surface area contributed by atoms with E-state index in [1.165, 1.54) is 188 Å². The quantitative estimate of drug-likeness (QED) is 0.0754. The lowest BCUT2D eigenvalue weighted by Crippen LogP contribution is -2.50. The number of esters is 2. The second-order valence-electron chi connectivity index (χ2n) is 34.8. The molecular formula is C86H120Cl2N12O12. The van der Waals surface area contributed by atoms with Crippen LogP contribution >= 0.6 is 24.0 Å². The summed E-state index contributed by atoms with van der Waals surface area (Å²) in [5.74, 6) is -1.86. The van der Waals surface area contributed by atoms with Gasteiger partial charge >= 0.3 is 17.9 Å². The number of nitrogens with zero attached hydrogens (tertiary/aromatic N) is 11. The van der Waals surface area contributed by atoms with Crippen molar-refractivity contribution in [2.24, 2.45) is 0 Å². The smallest absolute Gasteiger partial charge is 0.339 e. The van der Waals surface area contributed by atoms with Crippen LogP contribution in [-0.4, -0.2) is 206 Å². The van der Waals surface area contributed by atoms with Gasteiger partial charge in [0.15, 0.2) is 33.6 Å². The molecular weight excluding hydrogens is 1460 g/mol. The van der Waals surface area contributed by atoms with Crippen molar-refractivity contribution in [1.29, 1.82) is 0 Å². The summed E-state index contributed by atoms with van der Waals surface area (Å²) in [6.45, 7) is 1.57. The van der Waals surface area contributed by atoms with Gasteiger partial charge in [0.05, 0.1) is 60.4 Å². The zero-order valence-corrected chi connectivity index (χ0v) is 67.4. The first kappa shape index (κ1) is 81.9. The number of aliphatic hydroxyl groups is 3. The number of aliphatic carboxylic acids is 1. The minimum absolute atomic E-state index is 0. The van der Waals surface area contributed by atoms with E-state index >= 15 is 0 Å². The molecule has 12 atom stereocenters. The van der Waals surface area contributed by atoms with Crippen molar-refractivity contribution in [1.82, 2.24) is 48.7 Å². The van der Waals surface area contributed by atoms with Crippen molar-refractivity contribution in [2.75, 3.05) is 63.3 Å². The van der Waals surface area contributed by atoms with Crippen LogP contribution in [0.5, 0.6) is 0 Å². The number of hydrogen-bond acceptors (Lipinski definition) is 20. The molecule has 3 aromatic heterocycles. The van der Waals surface area contributed by atoms with Crippen molar-refractivity contribution < 1.29 is 44.3 Å². The van der Waals surface area contributed by atoms with E-state index in [0.717, 1.165) is 77.7 Å². The molecule has 9 saturated heterocycles. The molecule has 18 rings (SSSR count). The zero-order valence-electron chi connectivity index (χ0n) is 65.8. The van der Waals surface area contributed by atoms with E-state index in [1.807, 2.05) is 86.5 Å². The summed E-state index contributed by atoms with van der Waals surface area (Å²) in [5.41, 5.74) is -0.114. The molecule has 12 aliphatic rings. The number of hydrogen-bond donors (Lipinski definition) is 5. The SMILES string of the molecule is COC(=O)C1(O)CCN(c2nc3ccccc3n(C3C[C@H]4CC[C@@H](C3)N4C3CCCCCCC3)c2=O)C1.COC(=O)C1(O)CCNC1.Cl.O=C(O)C1(O)CCN(c2nc3ccccc3n(C3C[C@H]4CC[C@@H](C3)N4C3CCCCCCC3)c2=O)C1.O=c1c(Cl)nc2ccccc2n1C1C[C@H]2CC[C@@H](C1)N2C1CCCCCCC1.